The van der Waals surface area contributed by atoms with E-state index in [-0.39, 0.29) is 11.1 Å². The number of carbonyl (C=O) groups is 2. The van der Waals surface area contributed by atoms with Gasteiger partial charge in [-0.3, -0.25) is 9.59 Å². The first kappa shape index (κ1) is 28.5. The van der Waals surface area contributed by atoms with E-state index >= 15 is 0 Å². The zero-order chi connectivity index (χ0) is 24.6. The number of halogens is 9. The van der Waals surface area contributed by atoms with Crippen LogP contribution in [0, 0.1) is 0 Å². The highest BCUT2D eigenvalue weighted by molar-refractivity contribution is 9.14. The third-order valence-corrected chi connectivity index (χ3v) is 11.0. The van der Waals surface area contributed by atoms with Crippen LogP contribution in [-0.2, 0) is 0 Å². The molecule has 0 aliphatic rings. The standard InChI is InChI=1S/C20H7Br9N2O2/c21-6-1-10(23)17(11(24)2-6)30-19(32)8-5-9(15(28)16(29)14(8)27)20(33)31-18-12(25)3-7(22)4-13(18)26/h1-5H,(H,30,32)(H,31,33). The SMILES string of the molecule is O=C(Nc1c(Br)cc(Br)cc1Br)c1cc(C(=O)Nc2c(Br)cc(Br)cc2Br)c(Br)c(Br)c1Br. The molecule has 0 atom stereocenters. The van der Waals surface area contributed by atoms with Crippen molar-refractivity contribution >= 4 is 167 Å². The van der Waals surface area contributed by atoms with E-state index in [0.29, 0.717) is 42.7 Å². The van der Waals surface area contributed by atoms with E-state index in [9.17, 15) is 9.59 Å². The van der Waals surface area contributed by atoms with Crippen LogP contribution in [-0.4, -0.2) is 11.8 Å². The Morgan fingerprint density at radius 3 is 1.09 bits per heavy atom. The van der Waals surface area contributed by atoms with Crippen molar-refractivity contribution in [2.75, 3.05) is 10.6 Å². The molecule has 0 unspecified atom stereocenters. The number of hydrogen-bond acceptors (Lipinski definition) is 2. The van der Waals surface area contributed by atoms with E-state index in [1.165, 1.54) is 6.07 Å². The Bertz CT molecular complexity index is 1170. The van der Waals surface area contributed by atoms with E-state index in [4.69, 9.17) is 0 Å². The lowest BCUT2D eigenvalue weighted by atomic mass is 10.1. The molecule has 4 nitrogen and oxygen atoms in total. The fourth-order valence-electron chi connectivity index (χ4n) is 2.62. The van der Waals surface area contributed by atoms with Gasteiger partial charge in [-0.25, -0.2) is 0 Å². The van der Waals surface area contributed by atoms with E-state index in [2.05, 4.69) is 154 Å². The molecule has 2 amide bonds. The zero-order valence-electron chi connectivity index (χ0n) is 15.6. The predicted octanol–water partition coefficient (Wildman–Crippen LogP) is 11.1. The maximum Gasteiger partial charge on any atom is 0.256 e. The van der Waals surface area contributed by atoms with Gasteiger partial charge in [0, 0.05) is 40.3 Å². The lowest BCUT2D eigenvalue weighted by molar-refractivity contribution is 0.102. The Balaban J connectivity index is 2.00. The van der Waals surface area contributed by atoms with E-state index in [1.54, 1.807) is 0 Å². The minimum atomic E-state index is -0.404. The highest BCUT2D eigenvalue weighted by Gasteiger charge is 2.24. The average Bonchev–Trinajstić information content (AvgIpc) is 2.71. The molecule has 0 heterocycles. The fourth-order valence-corrected chi connectivity index (χ4v) is 9.21. The number of nitrogens with one attached hydrogen (secondary N) is 2. The summed E-state index contributed by atoms with van der Waals surface area (Å²) in [5.41, 5.74) is 1.66. The van der Waals surface area contributed by atoms with Crippen LogP contribution in [0.15, 0.2) is 70.6 Å². The molecule has 13 heteroatoms. The first-order chi connectivity index (χ1) is 15.4. The number of benzene rings is 3. The van der Waals surface area contributed by atoms with Crippen LogP contribution in [0.1, 0.15) is 20.7 Å². The van der Waals surface area contributed by atoms with Gasteiger partial charge in [-0.05, 0) is 142 Å². The Morgan fingerprint density at radius 2 is 0.788 bits per heavy atom. The van der Waals surface area contributed by atoms with Crippen molar-refractivity contribution in [3.63, 3.8) is 0 Å². The van der Waals surface area contributed by atoms with Gasteiger partial charge in [0.15, 0.2) is 0 Å². The van der Waals surface area contributed by atoms with Crippen molar-refractivity contribution in [2.24, 2.45) is 0 Å². The Hall–Kier alpha value is 0.920. The second-order valence-electron chi connectivity index (χ2n) is 6.31. The molecule has 2 N–H and O–H groups in total. The van der Waals surface area contributed by atoms with Crippen molar-refractivity contribution in [2.45, 2.75) is 0 Å². The first-order valence-electron chi connectivity index (χ1n) is 8.50. The monoisotopic (exact) mass is 1020 g/mol. The van der Waals surface area contributed by atoms with Crippen LogP contribution < -0.4 is 10.6 Å². The third kappa shape index (κ3) is 6.63. The summed E-state index contributed by atoms with van der Waals surface area (Å²) >= 11 is 31.0. The second-order valence-corrected chi connectivity index (χ2v) is 13.9. The lowest BCUT2D eigenvalue weighted by Crippen LogP contribution is -2.18. The van der Waals surface area contributed by atoms with Crippen LogP contribution in [0.4, 0.5) is 11.4 Å². The Morgan fingerprint density at radius 1 is 0.485 bits per heavy atom. The third-order valence-electron chi connectivity index (χ3n) is 4.13. The van der Waals surface area contributed by atoms with Gasteiger partial charge in [0.2, 0.25) is 0 Å². The minimum absolute atomic E-state index is 0.269. The summed E-state index contributed by atoms with van der Waals surface area (Å²) in [6, 6.07) is 8.80. The van der Waals surface area contributed by atoms with Crippen molar-refractivity contribution in [1.82, 2.24) is 0 Å². The van der Waals surface area contributed by atoms with Gasteiger partial charge in [-0.15, -0.1) is 0 Å². The molecule has 0 saturated heterocycles. The molecule has 0 saturated carbocycles. The highest BCUT2D eigenvalue weighted by atomic mass is 79.9. The normalized spacial score (nSPS) is 10.8. The topological polar surface area (TPSA) is 58.2 Å². The number of hydrogen-bond donors (Lipinski definition) is 2. The average molecular weight is 1030 g/mol. The van der Waals surface area contributed by atoms with Crippen LogP contribution in [0.25, 0.3) is 0 Å². The minimum Gasteiger partial charge on any atom is -0.320 e. The van der Waals surface area contributed by atoms with Crippen molar-refractivity contribution in [1.29, 1.82) is 0 Å². The molecule has 0 aliphatic heterocycles. The van der Waals surface area contributed by atoms with Gasteiger partial charge in [-0.2, -0.15) is 0 Å². The molecule has 3 aromatic carbocycles. The molecule has 0 bridgehead atoms. The number of amides is 2. The molecule has 33 heavy (non-hydrogen) atoms. The Labute approximate surface area is 265 Å². The molecular weight excluding hydrogens is 1020 g/mol. The maximum atomic E-state index is 13.2. The highest BCUT2D eigenvalue weighted by Crippen LogP contribution is 2.40. The Kier molecular flexibility index (Phi) is 10.3. The quantitative estimate of drug-likeness (QED) is 0.256. The van der Waals surface area contributed by atoms with Crippen LogP contribution in [0.3, 0.4) is 0 Å². The van der Waals surface area contributed by atoms with Gasteiger partial charge in [0.05, 0.1) is 22.5 Å². The van der Waals surface area contributed by atoms with Gasteiger partial charge >= 0.3 is 0 Å². The lowest BCUT2D eigenvalue weighted by Gasteiger charge is -2.16. The van der Waals surface area contributed by atoms with Crippen LogP contribution in [0.2, 0.25) is 0 Å². The molecule has 0 radical (unpaired) electrons. The maximum absolute atomic E-state index is 13.2. The predicted molar refractivity (Wildman–Crippen MR) is 165 cm³/mol. The summed E-state index contributed by atoms with van der Waals surface area (Å²) in [5.74, 6) is -0.808. The summed E-state index contributed by atoms with van der Waals surface area (Å²) in [5, 5.41) is 5.76. The molecule has 0 fully saturated rings. The molecule has 0 aliphatic carbocycles. The van der Waals surface area contributed by atoms with Crippen molar-refractivity contribution in [3.8, 4) is 0 Å². The van der Waals surface area contributed by atoms with Crippen molar-refractivity contribution in [3.05, 3.63) is 81.7 Å². The smallest absolute Gasteiger partial charge is 0.256 e. The fraction of sp³-hybridized carbons (Fsp3) is 0. The second kappa shape index (κ2) is 12.0. The number of anilines is 2. The largest absolute Gasteiger partial charge is 0.320 e. The molecule has 0 spiro atoms. The summed E-state index contributed by atoms with van der Waals surface area (Å²) in [7, 11) is 0. The summed E-state index contributed by atoms with van der Waals surface area (Å²) in [4.78, 5) is 26.4. The van der Waals surface area contributed by atoms with Crippen LogP contribution in [0.5, 0.6) is 0 Å². The van der Waals surface area contributed by atoms with Gasteiger partial charge < -0.3 is 10.6 Å². The van der Waals surface area contributed by atoms with E-state index in [1.807, 2.05) is 24.3 Å². The summed E-state index contributed by atoms with van der Waals surface area (Å²) in [6.45, 7) is 0. The summed E-state index contributed by atoms with van der Waals surface area (Å²) < 4.78 is 5.96. The van der Waals surface area contributed by atoms with Crippen molar-refractivity contribution < 1.29 is 9.59 Å². The molecule has 0 aromatic heterocycles. The number of rotatable bonds is 4. The first-order valence-corrected chi connectivity index (χ1v) is 15.6. The molecule has 3 aromatic rings. The molecular formula is C20H7Br9N2O2. The van der Waals surface area contributed by atoms with Gasteiger partial charge in [0.1, 0.15) is 0 Å². The molecule has 3 rings (SSSR count). The van der Waals surface area contributed by atoms with Gasteiger partial charge in [0.25, 0.3) is 11.8 Å². The van der Waals surface area contributed by atoms with Crippen LogP contribution >= 0.6 is 143 Å². The van der Waals surface area contributed by atoms with E-state index in [0.717, 1.165) is 8.95 Å². The zero-order valence-corrected chi connectivity index (χ0v) is 29.9. The number of carbonyl (C=O) groups excluding carboxylic acids is 2. The summed E-state index contributed by atoms with van der Waals surface area (Å²) in [6.07, 6.45) is 0. The molecule has 172 valence electrons. The van der Waals surface area contributed by atoms with Gasteiger partial charge in [-0.1, -0.05) is 31.9 Å². The van der Waals surface area contributed by atoms with E-state index < -0.39 is 11.8 Å².